The average molecular weight is 352 g/mol. The average Bonchev–Trinajstić information content (AvgIpc) is 2.54. The van der Waals surface area contributed by atoms with E-state index >= 15 is 0 Å². The van der Waals surface area contributed by atoms with Crippen molar-refractivity contribution in [2.75, 3.05) is 23.0 Å². The van der Waals surface area contributed by atoms with Crippen LogP contribution in [0.15, 0.2) is 12.2 Å². The molecule has 1 aromatic heterocycles. The maximum atomic E-state index is 5.57. The molecule has 5 nitrogen and oxygen atoms in total. The normalized spacial score (nSPS) is 12.2. The fourth-order valence-corrected chi connectivity index (χ4v) is 3.59. The standard InChI is InChI=1S/C18H33N5S/c1-4-6-7-15(5-2)9-8-14(3)10-12-24-13-11-16-21-17(19)23-18(20)22-16/h15H,3-13H2,1-2H3,(H4,19,20,21,22,23). The minimum atomic E-state index is 0.199. The SMILES string of the molecule is C=C(CCSCCc1nc(N)nc(N)n1)CCC(CC)CCCC. The monoisotopic (exact) mass is 351 g/mol. The summed E-state index contributed by atoms with van der Waals surface area (Å²) < 4.78 is 0. The fourth-order valence-electron chi connectivity index (χ4n) is 2.63. The Morgan fingerprint density at radius 1 is 1.04 bits per heavy atom. The third kappa shape index (κ3) is 9.11. The van der Waals surface area contributed by atoms with E-state index in [9.17, 15) is 0 Å². The van der Waals surface area contributed by atoms with Gasteiger partial charge in [-0.25, -0.2) is 0 Å². The summed E-state index contributed by atoms with van der Waals surface area (Å²) in [7, 11) is 0. The summed E-state index contributed by atoms with van der Waals surface area (Å²) in [6, 6.07) is 0. The summed E-state index contributed by atoms with van der Waals surface area (Å²) in [5.41, 5.74) is 12.5. The number of hydrogen-bond acceptors (Lipinski definition) is 6. The van der Waals surface area contributed by atoms with Gasteiger partial charge < -0.3 is 11.5 Å². The van der Waals surface area contributed by atoms with Crippen molar-refractivity contribution in [1.29, 1.82) is 0 Å². The van der Waals surface area contributed by atoms with Crippen LogP contribution in [-0.2, 0) is 6.42 Å². The van der Waals surface area contributed by atoms with Crippen LogP contribution in [0.4, 0.5) is 11.9 Å². The third-order valence-corrected chi connectivity index (χ3v) is 5.22. The van der Waals surface area contributed by atoms with E-state index in [2.05, 4.69) is 35.4 Å². The van der Waals surface area contributed by atoms with Gasteiger partial charge >= 0.3 is 0 Å². The molecule has 4 N–H and O–H groups in total. The highest BCUT2D eigenvalue weighted by Gasteiger charge is 2.07. The molecular formula is C18H33N5S. The Kier molecular flexibility index (Phi) is 10.5. The van der Waals surface area contributed by atoms with Gasteiger partial charge in [0.25, 0.3) is 0 Å². The zero-order chi connectivity index (χ0) is 17.8. The molecule has 0 amide bonds. The van der Waals surface area contributed by atoms with Crippen LogP contribution in [0.25, 0.3) is 0 Å². The fraction of sp³-hybridized carbons (Fsp3) is 0.722. The molecule has 0 aliphatic rings. The number of rotatable bonds is 13. The minimum absolute atomic E-state index is 0.199. The molecule has 0 saturated carbocycles. The molecule has 0 fully saturated rings. The van der Waals surface area contributed by atoms with Gasteiger partial charge in [-0.2, -0.15) is 26.7 Å². The molecule has 136 valence electrons. The van der Waals surface area contributed by atoms with Crippen LogP contribution >= 0.6 is 11.8 Å². The van der Waals surface area contributed by atoms with Gasteiger partial charge in [-0.15, -0.1) is 0 Å². The molecular weight excluding hydrogens is 318 g/mol. The van der Waals surface area contributed by atoms with E-state index in [1.54, 1.807) is 0 Å². The molecule has 0 aliphatic carbocycles. The zero-order valence-corrected chi connectivity index (χ0v) is 16.1. The van der Waals surface area contributed by atoms with Crippen molar-refractivity contribution in [3.8, 4) is 0 Å². The van der Waals surface area contributed by atoms with Crippen molar-refractivity contribution in [3.63, 3.8) is 0 Å². The van der Waals surface area contributed by atoms with Crippen molar-refractivity contribution in [3.05, 3.63) is 18.0 Å². The van der Waals surface area contributed by atoms with E-state index in [0.717, 1.165) is 30.3 Å². The van der Waals surface area contributed by atoms with Crippen LogP contribution in [0, 0.1) is 5.92 Å². The summed E-state index contributed by atoms with van der Waals surface area (Å²) >= 11 is 1.90. The number of aryl methyl sites for hydroxylation is 1. The summed E-state index contributed by atoms with van der Waals surface area (Å²) in [4.78, 5) is 12.0. The lowest BCUT2D eigenvalue weighted by Gasteiger charge is -2.15. The summed E-state index contributed by atoms with van der Waals surface area (Å²) in [6.07, 6.45) is 9.64. The van der Waals surface area contributed by atoms with Crippen LogP contribution in [0.5, 0.6) is 0 Å². The lowest BCUT2D eigenvalue weighted by molar-refractivity contribution is 0.420. The number of aromatic nitrogens is 3. The molecule has 0 aromatic carbocycles. The molecule has 6 heteroatoms. The second-order valence-electron chi connectivity index (χ2n) is 6.29. The molecule has 0 aliphatic heterocycles. The van der Waals surface area contributed by atoms with Gasteiger partial charge in [0.15, 0.2) is 0 Å². The number of nitrogens with two attached hydrogens (primary N) is 2. The molecule has 1 aromatic rings. The highest BCUT2D eigenvalue weighted by Crippen LogP contribution is 2.22. The number of nitrogen functional groups attached to an aromatic ring is 2. The van der Waals surface area contributed by atoms with Crippen molar-refractivity contribution in [1.82, 2.24) is 15.0 Å². The van der Waals surface area contributed by atoms with Crippen LogP contribution in [-0.4, -0.2) is 26.5 Å². The number of thioether (sulfide) groups is 1. The Morgan fingerprint density at radius 2 is 1.75 bits per heavy atom. The molecule has 24 heavy (non-hydrogen) atoms. The maximum absolute atomic E-state index is 5.57. The molecule has 1 heterocycles. The van der Waals surface area contributed by atoms with Gasteiger partial charge in [-0.1, -0.05) is 51.7 Å². The Bertz CT molecular complexity index is 472. The zero-order valence-electron chi connectivity index (χ0n) is 15.3. The van der Waals surface area contributed by atoms with Gasteiger partial charge in [0, 0.05) is 12.2 Å². The molecule has 0 spiro atoms. The van der Waals surface area contributed by atoms with Crippen LogP contribution in [0.2, 0.25) is 0 Å². The molecule has 1 unspecified atom stereocenters. The molecule has 0 radical (unpaired) electrons. The first-order valence-electron chi connectivity index (χ1n) is 9.05. The van der Waals surface area contributed by atoms with E-state index in [1.165, 1.54) is 44.1 Å². The number of anilines is 2. The molecule has 0 bridgehead atoms. The maximum Gasteiger partial charge on any atom is 0.225 e. The second kappa shape index (κ2) is 12.1. The highest BCUT2D eigenvalue weighted by molar-refractivity contribution is 7.99. The first kappa shape index (κ1) is 20.7. The number of unbranched alkanes of at least 4 members (excludes halogenated alkanes) is 1. The Balaban J connectivity index is 2.12. The van der Waals surface area contributed by atoms with Crippen LogP contribution in [0.1, 0.15) is 64.6 Å². The first-order chi connectivity index (χ1) is 11.5. The van der Waals surface area contributed by atoms with E-state index in [-0.39, 0.29) is 11.9 Å². The van der Waals surface area contributed by atoms with Crippen LogP contribution in [0.3, 0.4) is 0 Å². The minimum Gasteiger partial charge on any atom is -0.368 e. The first-order valence-corrected chi connectivity index (χ1v) is 10.2. The molecule has 1 rings (SSSR count). The van der Waals surface area contributed by atoms with Gasteiger partial charge in [0.2, 0.25) is 11.9 Å². The Labute approximate surface area is 151 Å². The summed E-state index contributed by atoms with van der Waals surface area (Å²) in [6.45, 7) is 8.81. The van der Waals surface area contributed by atoms with Gasteiger partial charge in [-0.05, 0) is 30.9 Å². The van der Waals surface area contributed by atoms with Gasteiger partial charge in [0.05, 0.1) is 0 Å². The lowest BCUT2D eigenvalue weighted by Crippen LogP contribution is -2.07. The Morgan fingerprint density at radius 3 is 2.38 bits per heavy atom. The van der Waals surface area contributed by atoms with E-state index in [4.69, 9.17) is 11.5 Å². The van der Waals surface area contributed by atoms with E-state index < -0.39 is 0 Å². The quantitative estimate of drug-likeness (QED) is 0.408. The van der Waals surface area contributed by atoms with Crippen molar-refractivity contribution in [2.45, 2.75) is 65.2 Å². The smallest absolute Gasteiger partial charge is 0.225 e. The van der Waals surface area contributed by atoms with Crippen molar-refractivity contribution < 1.29 is 0 Å². The summed E-state index contributed by atoms with van der Waals surface area (Å²) in [5, 5.41) is 0. The molecule has 0 saturated heterocycles. The van der Waals surface area contributed by atoms with Crippen LogP contribution < -0.4 is 11.5 Å². The van der Waals surface area contributed by atoms with Crippen molar-refractivity contribution >= 4 is 23.7 Å². The number of hydrogen-bond donors (Lipinski definition) is 2. The predicted molar refractivity (Wildman–Crippen MR) is 106 cm³/mol. The number of allylic oxidation sites excluding steroid dienone is 1. The topological polar surface area (TPSA) is 90.7 Å². The van der Waals surface area contributed by atoms with E-state index in [1.807, 2.05) is 11.8 Å². The predicted octanol–water partition coefficient (Wildman–Crippen LogP) is 4.25. The van der Waals surface area contributed by atoms with Crippen molar-refractivity contribution in [2.24, 2.45) is 5.92 Å². The highest BCUT2D eigenvalue weighted by atomic mass is 32.2. The van der Waals surface area contributed by atoms with Gasteiger partial charge in [-0.3, -0.25) is 0 Å². The number of nitrogens with zero attached hydrogens (tertiary/aromatic N) is 3. The largest absolute Gasteiger partial charge is 0.368 e. The lowest BCUT2D eigenvalue weighted by atomic mass is 9.92. The third-order valence-electron chi connectivity index (χ3n) is 4.24. The summed E-state index contributed by atoms with van der Waals surface area (Å²) in [5.74, 6) is 4.00. The van der Waals surface area contributed by atoms with E-state index in [0.29, 0.717) is 5.82 Å². The Hall–Kier alpha value is -1.30. The second-order valence-corrected chi connectivity index (χ2v) is 7.51. The molecule has 1 atom stereocenters. The van der Waals surface area contributed by atoms with Gasteiger partial charge in [0.1, 0.15) is 5.82 Å².